The minimum Gasteiger partial charge on any atom is -0.353 e. The van der Waals surface area contributed by atoms with Crippen LogP contribution in [-0.2, 0) is 16.6 Å². The Morgan fingerprint density at radius 3 is 2.51 bits per heavy atom. The molecule has 8 nitrogen and oxygen atoms in total. The van der Waals surface area contributed by atoms with Gasteiger partial charge in [-0.2, -0.15) is 0 Å². The summed E-state index contributed by atoms with van der Waals surface area (Å²) in [6, 6.07) is 7.50. The van der Waals surface area contributed by atoms with E-state index in [2.05, 4.69) is 31.6 Å². The maximum absolute atomic E-state index is 14.3. The third-order valence-corrected chi connectivity index (χ3v) is 9.30. The van der Waals surface area contributed by atoms with Crippen LogP contribution < -0.4 is 4.90 Å². The fourth-order valence-corrected chi connectivity index (χ4v) is 6.94. The number of piperidine rings is 1. The Balaban J connectivity index is 1.22. The highest BCUT2D eigenvalue weighted by Gasteiger charge is 2.34. The molecule has 0 amide bonds. The van der Waals surface area contributed by atoms with Crippen molar-refractivity contribution < 1.29 is 12.8 Å². The minimum atomic E-state index is -3.49. The summed E-state index contributed by atoms with van der Waals surface area (Å²) in [4.78, 5) is 16.0. The Morgan fingerprint density at radius 1 is 1.08 bits per heavy atom. The number of benzene rings is 1. The van der Waals surface area contributed by atoms with Gasteiger partial charge in [-0.3, -0.25) is 9.80 Å². The molecule has 2 aromatic heterocycles. The Labute approximate surface area is 239 Å². The number of nitrogens with zero attached hydrogens (tertiary/aromatic N) is 6. The van der Waals surface area contributed by atoms with Gasteiger partial charge in [-0.1, -0.05) is 36.2 Å². The van der Waals surface area contributed by atoms with Crippen LogP contribution in [0.15, 0.2) is 42.9 Å². The van der Waals surface area contributed by atoms with E-state index in [4.69, 9.17) is 23.2 Å². The van der Waals surface area contributed by atoms with Crippen molar-refractivity contribution in [2.24, 2.45) is 0 Å². The highest BCUT2D eigenvalue weighted by atomic mass is 35.5. The molecule has 0 aliphatic carbocycles. The Hall–Kier alpha value is -2.24. The van der Waals surface area contributed by atoms with E-state index >= 15 is 0 Å². The van der Waals surface area contributed by atoms with Crippen molar-refractivity contribution in [1.82, 2.24) is 23.7 Å². The predicted octanol–water partition coefficient (Wildman–Crippen LogP) is 4.76. The van der Waals surface area contributed by atoms with Crippen LogP contribution in [0, 0.1) is 5.82 Å². The Bertz CT molecular complexity index is 1430. The first kappa shape index (κ1) is 28.3. The number of halogens is 3. The maximum atomic E-state index is 14.3. The zero-order valence-corrected chi connectivity index (χ0v) is 24.4. The summed E-state index contributed by atoms with van der Waals surface area (Å²) in [5, 5.41) is 0.896. The van der Waals surface area contributed by atoms with Gasteiger partial charge in [0.1, 0.15) is 11.6 Å². The fraction of sp³-hybridized carbons (Fsp3) is 0.481. The molecule has 5 rings (SSSR count). The van der Waals surface area contributed by atoms with E-state index in [1.165, 1.54) is 18.5 Å². The molecule has 210 valence electrons. The first-order valence-electron chi connectivity index (χ1n) is 13.2. The van der Waals surface area contributed by atoms with E-state index in [0.717, 1.165) is 62.2 Å². The molecule has 1 aromatic carbocycles. The van der Waals surface area contributed by atoms with Crippen molar-refractivity contribution in [1.29, 1.82) is 0 Å². The lowest BCUT2D eigenvalue weighted by Gasteiger charge is -2.47. The van der Waals surface area contributed by atoms with Crippen molar-refractivity contribution >= 4 is 39.0 Å². The van der Waals surface area contributed by atoms with Crippen molar-refractivity contribution in [3.05, 3.63) is 64.3 Å². The summed E-state index contributed by atoms with van der Waals surface area (Å²) < 4.78 is 39.5. The summed E-state index contributed by atoms with van der Waals surface area (Å²) in [5.41, 5.74) is 1.24. The number of hydrogen-bond donors (Lipinski definition) is 0. The zero-order valence-electron chi connectivity index (χ0n) is 22.1. The molecule has 3 aromatic rings. The van der Waals surface area contributed by atoms with Crippen LogP contribution in [-0.4, -0.2) is 83.2 Å². The number of rotatable bonds is 7. The van der Waals surface area contributed by atoms with Gasteiger partial charge in [-0.25, -0.2) is 26.7 Å². The molecule has 0 unspecified atom stereocenters. The highest BCUT2D eigenvalue weighted by molar-refractivity contribution is 7.89. The van der Waals surface area contributed by atoms with Crippen molar-refractivity contribution in [3.63, 3.8) is 0 Å². The van der Waals surface area contributed by atoms with E-state index < -0.39 is 10.0 Å². The summed E-state index contributed by atoms with van der Waals surface area (Å²) >= 11 is 12.6. The van der Waals surface area contributed by atoms with Gasteiger partial charge in [0, 0.05) is 73.0 Å². The predicted molar refractivity (Wildman–Crippen MR) is 153 cm³/mol. The summed E-state index contributed by atoms with van der Waals surface area (Å²) in [6.45, 7) is 7.21. The van der Waals surface area contributed by atoms with Gasteiger partial charge in [0.15, 0.2) is 5.82 Å². The number of imidazole rings is 1. The number of aromatic nitrogens is 3. The zero-order chi connectivity index (χ0) is 27.7. The van der Waals surface area contributed by atoms with Crippen molar-refractivity contribution in [2.45, 2.75) is 44.8 Å². The lowest BCUT2D eigenvalue weighted by molar-refractivity contribution is 0.0607. The van der Waals surface area contributed by atoms with Crippen LogP contribution in [0.5, 0.6) is 0 Å². The first-order valence-corrected chi connectivity index (χ1v) is 15.8. The SMILES string of the molecule is CC[C@H]1CN(c2ncc(-c3nccn3S(C)(=O)=O)cc2Cl)CCN1C1CCN(Cc2ccc(Cl)cc2F)CC1. The topological polar surface area (TPSA) is 74.6 Å². The second kappa shape index (κ2) is 11.7. The van der Waals surface area contributed by atoms with Gasteiger partial charge >= 0.3 is 0 Å². The Morgan fingerprint density at radius 2 is 1.85 bits per heavy atom. The average molecular weight is 596 g/mol. The van der Waals surface area contributed by atoms with Gasteiger partial charge in [0.25, 0.3) is 0 Å². The van der Waals surface area contributed by atoms with E-state index in [9.17, 15) is 12.8 Å². The molecular formula is C27H33Cl2FN6O2S. The van der Waals surface area contributed by atoms with Gasteiger partial charge in [-0.05, 0) is 50.6 Å². The van der Waals surface area contributed by atoms with Gasteiger partial charge in [0.05, 0.1) is 11.3 Å². The van der Waals surface area contributed by atoms with E-state index in [-0.39, 0.29) is 5.82 Å². The molecule has 2 saturated heterocycles. The normalized spacial score (nSPS) is 20.0. The number of piperazine rings is 1. The average Bonchev–Trinajstić information content (AvgIpc) is 3.41. The van der Waals surface area contributed by atoms with Crippen LogP contribution >= 0.6 is 23.2 Å². The lowest BCUT2D eigenvalue weighted by atomic mass is 9.97. The Kier molecular flexibility index (Phi) is 8.49. The molecular weight excluding hydrogens is 562 g/mol. The molecule has 2 aliphatic rings. The molecule has 0 radical (unpaired) electrons. The smallest absolute Gasteiger partial charge is 0.237 e. The minimum absolute atomic E-state index is 0.243. The van der Waals surface area contributed by atoms with Gasteiger partial charge in [-0.15, -0.1) is 0 Å². The number of pyridine rings is 1. The van der Waals surface area contributed by atoms with Crippen LogP contribution in [0.3, 0.4) is 0 Å². The van der Waals surface area contributed by atoms with Crippen LogP contribution in [0.2, 0.25) is 10.0 Å². The van der Waals surface area contributed by atoms with Crippen LogP contribution in [0.4, 0.5) is 10.2 Å². The van der Waals surface area contributed by atoms with Crippen LogP contribution in [0.25, 0.3) is 11.4 Å². The number of likely N-dealkylation sites (tertiary alicyclic amines) is 1. The summed E-state index contributed by atoms with van der Waals surface area (Å²) in [7, 11) is -3.49. The van der Waals surface area contributed by atoms with Gasteiger partial charge < -0.3 is 4.90 Å². The molecule has 1 atom stereocenters. The standard InChI is InChI=1S/C27H33Cl2FN6O2S/c1-3-22-18-34(27-24(29)14-20(16-32-27)26-31-8-11-36(26)39(2,37)38)12-13-35(22)23-6-9-33(10-7-23)17-19-4-5-21(28)15-25(19)30/h4-5,8,11,14-16,22-23H,3,6-7,9-10,12-13,17-18H2,1-2H3/t22-/m0/s1. The van der Waals surface area contributed by atoms with E-state index in [1.807, 2.05) is 0 Å². The van der Waals surface area contributed by atoms with E-state index in [1.54, 1.807) is 24.4 Å². The maximum Gasteiger partial charge on any atom is 0.237 e. The van der Waals surface area contributed by atoms with E-state index in [0.29, 0.717) is 51.4 Å². The summed E-state index contributed by atoms with van der Waals surface area (Å²) in [6.07, 6.45) is 8.74. The van der Waals surface area contributed by atoms with Crippen molar-refractivity contribution in [3.8, 4) is 11.4 Å². The van der Waals surface area contributed by atoms with Crippen LogP contribution in [0.1, 0.15) is 31.7 Å². The van der Waals surface area contributed by atoms with Gasteiger partial charge in [0.2, 0.25) is 10.0 Å². The second-order valence-corrected chi connectivity index (χ2v) is 13.0. The molecule has 2 fully saturated rings. The third kappa shape index (κ3) is 6.25. The molecule has 0 saturated carbocycles. The molecule has 12 heteroatoms. The number of hydrogen-bond acceptors (Lipinski definition) is 7. The molecule has 0 spiro atoms. The molecule has 0 N–H and O–H groups in total. The largest absolute Gasteiger partial charge is 0.353 e. The quantitative estimate of drug-likeness (QED) is 0.390. The molecule has 4 heterocycles. The molecule has 39 heavy (non-hydrogen) atoms. The second-order valence-electron chi connectivity index (χ2n) is 10.3. The number of anilines is 1. The monoisotopic (exact) mass is 594 g/mol. The highest BCUT2D eigenvalue weighted by Crippen LogP contribution is 2.32. The first-order chi connectivity index (χ1) is 18.6. The molecule has 2 aliphatic heterocycles. The van der Waals surface area contributed by atoms with Crippen molar-refractivity contribution in [2.75, 3.05) is 43.9 Å². The third-order valence-electron chi connectivity index (χ3n) is 7.78. The lowest BCUT2D eigenvalue weighted by Crippen LogP contribution is -2.58. The fourth-order valence-electron chi connectivity index (χ4n) is 5.75. The summed E-state index contributed by atoms with van der Waals surface area (Å²) in [5.74, 6) is 0.753. The molecule has 0 bridgehead atoms.